The number of carbonyl (C=O) groups excluding carboxylic acids is 1. The maximum atomic E-state index is 12.0. The van der Waals surface area contributed by atoms with Crippen LogP contribution in [-0.2, 0) is 4.79 Å². The highest BCUT2D eigenvalue weighted by atomic mass is 16.3. The van der Waals surface area contributed by atoms with Gasteiger partial charge in [0.25, 0.3) is 0 Å². The lowest BCUT2D eigenvalue weighted by Crippen LogP contribution is -2.35. The number of benzene rings is 1. The number of nitrogens with zero attached hydrogens (tertiary/aromatic N) is 1. The maximum Gasteiger partial charge on any atom is 0.227 e. The minimum atomic E-state index is -0.800. The molecule has 0 unspecified atom stereocenters. The van der Waals surface area contributed by atoms with Crippen molar-refractivity contribution in [2.24, 2.45) is 0 Å². The second-order valence-electron chi connectivity index (χ2n) is 5.95. The Morgan fingerprint density at radius 3 is 2.35 bits per heavy atom. The van der Waals surface area contributed by atoms with Gasteiger partial charge >= 0.3 is 0 Å². The first-order chi connectivity index (χ1) is 9.48. The number of nitrogens with one attached hydrogen (secondary N) is 1. The summed E-state index contributed by atoms with van der Waals surface area (Å²) in [5.74, 6) is -0.105. The molecule has 0 spiro atoms. The number of hydrogen-bond acceptors (Lipinski definition) is 3. The normalized spacial score (nSPS) is 17.6. The average Bonchev–Trinajstić information content (AvgIpc) is 2.39. The van der Waals surface area contributed by atoms with Gasteiger partial charge in [0, 0.05) is 25.5 Å². The van der Waals surface area contributed by atoms with Crippen LogP contribution in [0.15, 0.2) is 24.3 Å². The van der Waals surface area contributed by atoms with Gasteiger partial charge in [-0.05, 0) is 37.1 Å². The average molecular weight is 276 g/mol. The van der Waals surface area contributed by atoms with E-state index in [0.717, 1.165) is 43.5 Å². The van der Waals surface area contributed by atoms with Gasteiger partial charge < -0.3 is 15.3 Å². The van der Waals surface area contributed by atoms with Gasteiger partial charge in [0.1, 0.15) is 0 Å². The molecule has 0 radical (unpaired) electrons. The summed E-state index contributed by atoms with van der Waals surface area (Å²) in [4.78, 5) is 14.0. The zero-order valence-electron chi connectivity index (χ0n) is 12.4. The third kappa shape index (κ3) is 3.97. The van der Waals surface area contributed by atoms with E-state index in [4.69, 9.17) is 0 Å². The summed E-state index contributed by atoms with van der Waals surface area (Å²) in [6.45, 7) is 0. The molecule has 20 heavy (non-hydrogen) atoms. The van der Waals surface area contributed by atoms with Gasteiger partial charge in [-0.3, -0.25) is 4.79 Å². The van der Waals surface area contributed by atoms with Gasteiger partial charge in [-0.1, -0.05) is 19.3 Å². The summed E-state index contributed by atoms with van der Waals surface area (Å²) in [5.41, 5.74) is 1.07. The summed E-state index contributed by atoms with van der Waals surface area (Å²) in [6, 6.07) is 7.70. The summed E-state index contributed by atoms with van der Waals surface area (Å²) < 4.78 is 0. The Hall–Kier alpha value is -1.55. The van der Waals surface area contributed by atoms with Gasteiger partial charge in [-0.25, -0.2) is 0 Å². The molecule has 0 aromatic heterocycles. The molecule has 0 atom stereocenters. The Morgan fingerprint density at radius 2 is 1.80 bits per heavy atom. The van der Waals surface area contributed by atoms with Crippen LogP contribution in [0.25, 0.3) is 0 Å². The zero-order valence-corrected chi connectivity index (χ0v) is 12.4. The van der Waals surface area contributed by atoms with E-state index >= 15 is 0 Å². The van der Waals surface area contributed by atoms with Gasteiger partial charge in [0.2, 0.25) is 5.91 Å². The first-order valence-electron chi connectivity index (χ1n) is 7.28. The fraction of sp³-hybridized carbons (Fsp3) is 0.562. The minimum absolute atomic E-state index is 0.105. The van der Waals surface area contributed by atoms with Gasteiger partial charge in [0.05, 0.1) is 12.0 Å². The van der Waals surface area contributed by atoms with E-state index in [-0.39, 0.29) is 12.3 Å². The van der Waals surface area contributed by atoms with Crippen LogP contribution in [0.5, 0.6) is 0 Å². The van der Waals surface area contributed by atoms with E-state index in [1.165, 1.54) is 0 Å². The Bertz CT molecular complexity index is 448. The van der Waals surface area contributed by atoms with Crippen LogP contribution < -0.4 is 10.2 Å². The van der Waals surface area contributed by atoms with Crippen LogP contribution in [0.4, 0.5) is 11.4 Å². The summed E-state index contributed by atoms with van der Waals surface area (Å²) in [6.07, 6.45) is 4.86. The van der Waals surface area contributed by atoms with Crippen molar-refractivity contribution in [2.45, 2.75) is 44.1 Å². The van der Waals surface area contributed by atoms with Crippen molar-refractivity contribution >= 4 is 17.3 Å². The van der Waals surface area contributed by atoms with E-state index < -0.39 is 5.60 Å². The van der Waals surface area contributed by atoms with Crippen molar-refractivity contribution in [3.63, 3.8) is 0 Å². The molecule has 1 aromatic rings. The van der Waals surface area contributed by atoms with Crippen molar-refractivity contribution < 1.29 is 9.90 Å². The maximum absolute atomic E-state index is 12.0. The summed E-state index contributed by atoms with van der Waals surface area (Å²) in [5, 5.41) is 13.2. The van der Waals surface area contributed by atoms with E-state index in [1.807, 2.05) is 43.3 Å². The van der Waals surface area contributed by atoms with Crippen molar-refractivity contribution in [3.05, 3.63) is 24.3 Å². The van der Waals surface area contributed by atoms with E-state index in [0.29, 0.717) is 0 Å². The molecular weight excluding hydrogens is 252 g/mol. The van der Waals surface area contributed by atoms with Crippen LogP contribution in [0.2, 0.25) is 0 Å². The molecule has 0 bridgehead atoms. The fourth-order valence-electron chi connectivity index (χ4n) is 2.73. The molecule has 1 amide bonds. The van der Waals surface area contributed by atoms with E-state index in [2.05, 4.69) is 5.32 Å². The SMILES string of the molecule is CN(C)c1ccc(NC(=O)CC2(O)CCCCC2)cc1. The van der Waals surface area contributed by atoms with Crippen LogP contribution in [0.3, 0.4) is 0 Å². The molecule has 0 saturated heterocycles. The molecule has 1 aromatic carbocycles. The van der Waals surface area contributed by atoms with Crippen LogP contribution >= 0.6 is 0 Å². The van der Waals surface area contributed by atoms with Gasteiger partial charge in [0.15, 0.2) is 0 Å². The molecule has 1 saturated carbocycles. The third-order valence-corrected chi connectivity index (χ3v) is 3.94. The zero-order chi connectivity index (χ0) is 14.6. The topological polar surface area (TPSA) is 52.6 Å². The van der Waals surface area contributed by atoms with Crippen LogP contribution in [0.1, 0.15) is 38.5 Å². The van der Waals surface area contributed by atoms with Crippen molar-refractivity contribution in [1.82, 2.24) is 0 Å². The molecule has 1 aliphatic carbocycles. The molecule has 0 aliphatic heterocycles. The predicted molar refractivity (Wildman–Crippen MR) is 82.1 cm³/mol. The lowest BCUT2D eigenvalue weighted by atomic mass is 9.82. The molecule has 1 fully saturated rings. The number of amides is 1. The second-order valence-corrected chi connectivity index (χ2v) is 5.95. The number of rotatable bonds is 4. The Labute approximate surface area is 120 Å². The second kappa shape index (κ2) is 6.27. The van der Waals surface area contributed by atoms with Crippen molar-refractivity contribution in [1.29, 1.82) is 0 Å². The van der Waals surface area contributed by atoms with Crippen molar-refractivity contribution in [3.8, 4) is 0 Å². The molecule has 110 valence electrons. The van der Waals surface area contributed by atoms with Crippen LogP contribution in [0, 0.1) is 0 Å². The lowest BCUT2D eigenvalue weighted by molar-refractivity contribution is -0.122. The molecular formula is C16H24N2O2. The molecule has 4 nitrogen and oxygen atoms in total. The molecule has 0 heterocycles. The highest BCUT2D eigenvalue weighted by molar-refractivity contribution is 5.91. The quantitative estimate of drug-likeness (QED) is 0.889. The molecule has 2 rings (SSSR count). The van der Waals surface area contributed by atoms with Crippen molar-refractivity contribution in [2.75, 3.05) is 24.3 Å². The Morgan fingerprint density at radius 1 is 1.20 bits per heavy atom. The number of carbonyl (C=O) groups is 1. The lowest BCUT2D eigenvalue weighted by Gasteiger charge is -2.31. The summed E-state index contributed by atoms with van der Waals surface area (Å²) >= 11 is 0. The third-order valence-electron chi connectivity index (χ3n) is 3.94. The standard InChI is InChI=1S/C16H24N2O2/c1-18(2)14-8-6-13(7-9-14)17-15(19)12-16(20)10-4-3-5-11-16/h6-9,20H,3-5,10-12H2,1-2H3,(H,17,19). The largest absolute Gasteiger partial charge is 0.389 e. The first kappa shape index (κ1) is 14.9. The Balaban J connectivity index is 1.90. The molecule has 1 aliphatic rings. The van der Waals surface area contributed by atoms with Gasteiger partial charge in [-0.2, -0.15) is 0 Å². The monoisotopic (exact) mass is 276 g/mol. The molecule has 2 N–H and O–H groups in total. The van der Waals surface area contributed by atoms with E-state index in [9.17, 15) is 9.90 Å². The molecule has 4 heteroatoms. The highest BCUT2D eigenvalue weighted by Crippen LogP contribution is 2.31. The minimum Gasteiger partial charge on any atom is -0.389 e. The van der Waals surface area contributed by atoms with Gasteiger partial charge in [-0.15, -0.1) is 0 Å². The summed E-state index contributed by atoms with van der Waals surface area (Å²) in [7, 11) is 3.96. The number of anilines is 2. The van der Waals surface area contributed by atoms with Crippen LogP contribution in [-0.4, -0.2) is 30.7 Å². The fourth-order valence-corrected chi connectivity index (χ4v) is 2.73. The highest BCUT2D eigenvalue weighted by Gasteiger charge is 2.31. The number of aliphatic hydroxyl groups is 1. The first-order valence-corrected chi connectivity index (χ1v) is 7.28. The Kier molecular flexibility index (Phi) is 4.65. The number of hydrogen-bond donors (Lipinski definition) is 2. The van der Waals surface area contributed by atoms with E-state index in [1.54, 1.807) is 0 Å². The predicted octanol–water partition coefficient (Wildman–Crippen LogP) is 2.78. The smallest absolute Gasteiger partial charge is 0.227 e.